The molecule has 0 saturated carbocycles. The van der Waals surface area contributed by atoms with Crippen LogP contribution in [0.4, 0.5) is 13.2 Å². The lowest BCUT2D eigenvalue weighted by atomic mass is 10.2. The van der Waals surface area contributed by atoms with Gasteiger partial charge in [-0.15, -0.1) is 0 Å². The summed E-state index contributed by atoms with van der Waals surface area (Å²) in [5.41, 5.74) is -0.655. The molecular formula is C12H13F3N4. The first-order valence-electron chi connectivity index (χ1n) is 5.65. The standard InChI is InChI=1S/C12H13F3N4/c1-7-16-8(2)19(3)11(17-7)9-5-4-6-10(18-9)12(13,14)15/h4-6,11H,1-3H3. The molecule has 0 fully saturated rings. The smallest absolute Gasteiger partial charge is 0.336 e. The molecule has 1 aliphatic rings. The number of pyridine rings is 1. The minimum atomic E-state index is -4.45. The molecule has 1 aromatic heterocycles. The monoisotopic (exact) mass is 270 g/mol. The SMILES string of the molecule is CC1=NC(c2cccc(C(F)(F)F)n2)N(C)C(C)=N1. The van der Waals surface area contributed by atoms with Gasteiger partial charge in [0.2, 0.25) is 0 Å². The molecular weight excluding hydrogens is 257 g/mol. The van der Waals surface area contributed by atoms with Crippen molar-refractivity contribution in [2.75, 3.05) is 7.05 Å². The minimum Gasteiger partial charge on any atom is -0.336 e. The van der Waals surface area contributed by atoms with Crippen LogP contribution in [-0.4, -0.2) is 28.6 Å². The molecule has 0 saturated heterocycles. The van der Waals surface area contributed by atoms with Crippen molar-refractivity contribution >= 4 is 11.7 Å². The second-order valence-electron chi connectivity index (χ2n) is 4.27. The van der Waals surface area contributed by atoms with Crippen LogP contribution in [0.5, 0.6) is 0 Å². The van der Waals surface area contributed by atoms with Gasteiger partial charge in [-0.25, -0.2) is 15.0 Å². The van der Waals surface area contributed by atoms with Crippen molar-refractivity contribution in [1.29, 1.82) is 0 Å². The molecule has 1 atom stereocenters. The summed E-state index contributed by atoms with van der Waals surface area (Å²) in [4.78, 5) is 13.7. The summed E-state index contributed by atoms with van der Waals surface area (Å²) in [6.45, 7) is 3.48. The summed E-state index contributed by atoms with van der Waals surface area (Å²) >= 11 is 0. The highest BCUT2D eigenvalue weighted by molar-refractivity contribution is 5.96. The van der Waals surface area contributed by atoms with Crippen molar-refractivity contribution in [1.82, 2.24) is 9.88 Å². The third kappa shape index (κ3) is 2.74. The van der Waals surface area contributed by atoms with E-state index in [1.807, 2.05) is 0 Å². The summed E-state index contributed by atoms with van der Waals surface area (Å²) < 4.78 is 37.9. The van der Waals surface area contributed by atoms with Gasteiger partial charge in [0.15, 0.2) is 6.17 Å². The zero-order chi connectivity index (χ0) is 14.2. The Balaban J connectivity index is 2.40. The fourth-order valence-corrected chi connectivity index (χ4v) is 1.80. The lowest BCUT2D eigenvalue weighted by Gasteiger charge is -2.29. The van der Waals surface area contributed by atoms with E-state index in [1.54, 1.807) is 25.8 Å². The number of halogens is 3. The third-order valence-corrected chi connectivity index (χ3v) is 2.84. The van der Waals surface area contributed by atoms with E-state index in [1.165, 1.54) is 12.1 Å². The van der Waals surface area contributed by atoms with Crippen molar-refractivity contribution in [2.45, 2.75) is 26.2 Å². The minimum absolute atomic E-state index is 0.255. The predicted molar refractivity (Wildman–Crippen MR) is 66.0 cm³/mol. The van der Waals surface area contributed by atoms with Crippen LogP contribution < -0.4 is 0 Å². The molecule has 0 aliphatic carbocycles. The van der Waals surface area contributed by atoms with Gasteiger partial charge >= 0.3 is 6.18 Å². The van der Waals surface area contributed by atoms with Gasteiger partial charge in [-0.2, -0.15) is 13.2 Å². The Hall–Kier alpha value is -1.92. The third-order valence-electron chi connectivity index (χ3n) is 2.84. The molecule has 2 heterocycles. The van der Waals surface area contributed by atoms with Gasteiger partial charge < -0.3 is 4.90 Å². The average Bonchev–Trinajstić information content (AvgIpc) is 2.33. The number of hydrogen-bond acceptors (Lipinski definition) is 4. The van der Waals surface area contributed by atoms with Crippen molar-refractivity contribution < 1.29 is 13.2 Å². The summed E-state index contributed by atoms with van der Waals surface area (Å²) in [7, 11) is 1.72. The Kier molecular flexibility index (Phi) is 3.30. The van der Waals surface area contributed by atoms with Gasteiger partial charge in [-0.1, -0.05) is 6.07 Å². The molecule has 0 radical (unpaired) electrons. The first-order chi connectivity index (χ1) is 8.79. The van der Waals surface area contributed by atoms with Crippen molar-refractivity contribution in [3.8, 4) is 0 Å². The molecule has 1 unspecified atom stereocenters. The fraction of sp³-hybridized carbons (Fsp3) is 0.417. The molecule has 2 rings (SSSR count). The van der Waals surface area contributed by atoms with E-state index in [2.05, 4.69) is 15.0 Å². The molecule has 19 heavy (non-hydrogen) atoms. The molecule has 1 aromatic rings. The summed E-state index contributed by atoms with van der Waals surface area (Å²) in [6, 6.07) is 3.82. The van der Waals surface area contributed by atoms with E-state index >= 15 is 0 Å². The second kappa shape index (κ2) is 4.64. The normalized spacial score (nSPS) is 20.1. The fourth-order valence-electron chi connectivity index (χ4n) is 1.80. The summed E-state index contributed by atoms with van der Waals surface area (Å²) in [6.07, 6.45) is -5.02. The zero-order valence-electron chi connectivity index (χ0n) is 10.7. The quantitative estimate of drug-likeness (QED) is 0.787. The lowest BCUT2D eigenvalue weighted by molar-refractivity contribution is -0.141. The maximum absolute atomic E-state index is 12.6. The maximum Gasteiger partial charge on any atom is 0.433 e. The Bertz CT molecular complexity index is 548. The zero-order valence-corrected chi connectivity index (χ0v) is 10.7. The van der Waals surface area contributed by atoms with E-state index in [9.17, 15) is 13.2 Å². The van der Waals surface area contributed by atoms with Gasteiger partial charge in [0.25, 0.3) is 0 Å². The van der Waals surface area contributed by atoms with E-state index < -0.39 is 18.0 Å². The molecule has 7 heteroatoms. The Labute approximate surface area is 108 Å². The molecule has 0 spiro atoms. The second-order valence-corrected chi connectivity index (χ2v) is 4.27. The van der Waals surface area contributed by atoms with E-state index in [0.717, 1.165) is 6.07 Å². The van der Waals surface area contributed by atoms with Crippen molar-refractivity contribution in [3.05, 3.63) is 29.6 Å². The van der Waals surface area contributed by atoms with Crippen LogP contribution in [0.2, 0.25) is 0 Å². The first-order valence-corrected chi connectivity index (χ1v) is 5.65. The predicted octanol–water partition coefficient (Wildman–Crippen LogP) is 2.88. The van der Waals surface area contributed by atoms with E-state index in [-0.39, 0.29) is 5.69 Å². The molecule has 4 nitrogen and oxygen atoms in total. The number of hydrogen-bond donors (Lipinski definition) is 0. The molecule has 0 bridgehead atoms. The highest BCUT2D eigenvalue weighted by Gasteiger charge is 2.33. The van der Waals surface area contributed by atoms with E-state index in [4.69, 9.17) is 0 Å². The van der Waals surface area contributed by atoms with Crippen LogP contribution in [0.1, 0.15) is 31.4 Å². The Morgan fingerprint density at radius 1 is 1.21 bits per heavy atom. The van der Waals surface area contributed by atoms with Crippen LogP contribution in [0.15, 0.2) is 28.2 Å². The van der Waals surface area contributed by atoms with Gasteiger partial charge in [-0.05, 0) is 26.0 Å². The first kappa shape index (κ1) is 13.5. The molecule has 0 N–H and O–H groups in total. The largest absolute Gasteiger partial charge is 0.433 e. The van der Waals surface area contributed by atoms with Gasteiger partial charge in [0, 0.05) is 7.05 Å². The Morgan fingerprint density at radius 2 is 1.89 bits per heavy atom. The molecule has 0 aromatic carbocycles. The lowest BCUT2D eigenvalue weighted by Crippen LogP contribution is -2.33. The van der Waals surface area contributed by atoms with Crippen LogP contribution in [0.25, 0.3) is 0 Å². The number of alkyl halides is 3. The van der Waals surface area contributed by atoms with Gasteiger partial charge in [0.05, 0.1) is 5.69 Å². The maximum atomic E-state index is 12.6. The number of aliphatic imine (C=N–C) groups is 2. The van der Waals surface area contributed by atoms with Gasteiger partial charge in [0.1, 0.15) is 17.4 Å². The summed E-state index contributed by atoms with van der Waals surface area (Å²) in [5, 5.41) is 0. The van der Waals surface area contributed by atoms with Gasteiger partial charge in [-0.3, -0.25) is 0 Å². The average molecular weight is 270 g/mol. The van der Waals surface area contributed by atoms with Crippen LogP contribution in [0, 0.1) is 0 Å². The van der Waals surface area contributed by atoms with Crippen LogP contribution >= 0.6 is 0 Å². The molecule has 1 aliphatic heterocycles. The number of aromatic nitrogens is 1. The number of rotatable bonds is 1. The van der Waals surface area contributed by atoms with Crippen LogP contribution in [-0.2, 0) is 6.18 Å². The van der Waals surface area contributed by atoms with Crippen LogP contribution in [0.3, 0.4) is 0 Å². The molecule has 102 valence electrons. The Morgan fingerprint density at radius 3 is 2.53 bits per heavy atom. The van der Waals surface area contributed by atoms with Crippen molar-refractivity contribution in [3.63, 3.8) is 0 Å². The number of nitrogens with zero attached hydrogens (tertiary/aromatic N) is 4. The summed E-state index contributed by atoms with van der Waals surface area (Å²) in [5.74, 6) is 1.22. The molecule has 0 amide bonds. The highest BCUT2D eigenvalue weighted by atomic mass is 19.4. The topological polar surface area (TPSA) is 40.9 Å². The number of amidine groups is 2. The highest BCUT2D eigenvalue weighted by Crippen LogP contribution is 2.30. The van der Waals surface area contributed by atoms with Crippen molar-refractivity contribution in [2.24, 2.45) is 9.98 Å². The van der Waals surface area contributed by atoms with E-state index in [0.29, 0.717) is 11.7 Å².